The van der Waals surface area contributed by atoms with Gasteiger partial charge in [-0.2, -0.15) is 0 Å². The average Bonchev–Trinajstić information content (AvgIpc) is 2.74. The van der Waals surface area contributed by atoms with Crippen molar-refractivity contribution < 1.29 is 17.9 Å². The third kappa shape index (κ3) is 5.89. The van der Waals surface area contributed by atoms with E-state index in [-0.39, 0.29) is 12.0 Å². The molecule has 6 heteroatoms. The van der Waals surface area contributed by atoms with Crippen LogP contribution in [0.2, 0.25) is 0 Å². The minimum absolute atomic E-state index is 0.117. The van der Waals surface area contributed by atoms with E-state index in [0.29, 0.717) is 26.3 Å². The Morgan fingerprint density at radius 1 is 1.07 bits per heavy atom. The van der Waals surface area contributed by atoms with Crippen LogP contribution in [0.5, 0.6) is 0 Å². The van der Waals surface area contributed by atoms with Gasteiger partial charge in [-0.1, -0.05) is 54.6 Å². The van der Waals surface area contributed by atoms with Crippen LogP contribution in [-0.4, -0.2) is 52.4 Å². The zero-order valence-corrected chi connectivity index (χ0v) is 18.1. The van der Waals surface area contributed by atoms with Gasteiger partial charge in [0.1, 0.15) is 0 Å². The maximum absolute atomic E-state index is 12.1. The number of sulfonamides is 1. The zero-order chi connectivity index (χ0) is 20.7. The molecule has 0 amide bonds. The van der Waals surface area contributed by atoms with Crippen LogP contribution in [0, 0.1) is 5.92 Å². The highest BCUT2D eigenvalue weighted by molar-refractivity contribution is 7.88. The number of nitrogens with zero attached hydrogens (tertiary/aromatic N) is 1. The maximum atomic E-state index is 12.1. The van der Waals surface area contributed by atoms with E-state index in [0.717, 1.165) is 36.0 Å². The molecule has 1 saturated heterocycles. The van der Waals surface area contributed by atoms with Crippen molar-refractivity contribution in [2.24, 2.45) is 5.92 Å². The first kappa shape index (κ1) is 22.0. The predicted octanol–water partition coefficient (Wildman–Crippen LogP) is 4.12. The van der Waals surface area contributed by atoms with Gasteiger partial charge in [0.15, 0.2) is 0 Å². The van der Waals surface area contributed by atoms with Crippen molar-refractivity contribution in [1.82, 2.24) is 4.31 Å². The van der Waals surface area contributed by atoms with Gasteiger partial charge in [-0.05, 0) is 36.0 Å². The third-order valence-electron chi connectivity index (χ3n) is 5.46. The Morgan fingerprint density at radius 3 is 2.52 bits per heavy atom. The Bertz CT molecular complexity index is 869. The van der Waals surface area contributed by atoms with Crippen molar-refractivity contribution in [1.29, 1.82) is 0 Å². The fourth-order valence-corrected chi connectivity index (χ4v) is 4.96. The van der Waals surface area contributed by atoms with Gasteiger partial charge >= 0.3 is 0 Å². The molecule has 5 nitrogen and oxygen atoms in total. The molecule has 0 saturated carbocycles. The molecule has 0 aliphatic carbocycles. The SMILES string of the molecule is COCCCOC(c1ccccc1-c1ccccc1)C1CCCN(S(C)(=O)=O)C1. The van der Waals surface area contributed by atoms with Gasteiger partial charge in [-0.25, -0.2) is 12.7 Å². The second-order valence-corrected chi connectivity index (χ2v) is 9.60. The molecule has 0 bridgehead atoms. The fraction of sp³-hybridized carbons (Fsp3) is 0.478. The zero-order valence-electron chi connectivity index (χ0n) is 17.3. The summed E-state index contributed by atoms with van der Waals surface area (Å²) in [6, 6.07) is 18.6. The van der Waals surface area contributed by atoms with Crippen molar-refractivity contribution in [3.63, 3.8) is 0 Å². The van der Waals surface area contributed by atoms with E-state index in [1.807, 2.05) is 30.3 Å². The third-order valence-corrected chi connectivity index (χ3v) is 6.73. The number of ether oxygens (including phenoxy) is 2. The molecule has 0 N–H and O–H groups in total. The quantitative estimate of drug-likeness (QED) is 0.576. The summed E-state index contributed by atoms with van der Waals surface area (Å²) < 4.78 is 37.4. The lowest BCUT2D eigenvalue weighted by Gasteiger charge is -2.36. The molecule has 0 aromatic heterocycles. The Balaban J connectivity index is 1.92. The van der Waals surface area contributed by atoms with Crippen LogP contribution >= 0.6 is 0 Å². The summed E-state index contributed by atoms with van der Waals surface area (Å²) in [4.78, 5) is 0. The van der Waals surface area contributed by atoms with Gasteiger partial charge in [-0.3, -0.25) is 0 Å². The van der Waals surface area contributed by atoms with Crippen LogP contribution in [0.25, 0.3) is 11.1 Å². The predicted molar refractivity (Wildman–Crippen MR) is 116 cm³/mol. The number of rotatable bonds is 9. The maximum Gasteiger partial charge on any atom is 0.211 e. The molecule has 2 unspecified atom stereocenters. The van der Waals surface area contributed by atoms with Gasteiger partial charge in [0, 0.05) is 39.3 Å². The highest BCUT2D eigenvalue weighted by atomic mass is 32.2. The minimum atomic E-state index is -3.21. The highest BCUT2D eigenvalue weighted by Crippen LogP contribution is 2.38. The largest absolute Gasteiger partial charge is 0.385 e. The summed E-state index contributed by atoms with van der Waals surface area (Å²) in [5.74, 6) is 0.117. The van der Waals surface area contributed by atoms with Gasteiger partial charge < -0.3 is 9.47 Å². The summed E-state index contributed by atoms with van der Waals surface area (Å²) >= 11 is 0. The number of hydrogen-bond acceptors (Lipinski definition) is 4. The lowest BCUT2D eigenvalue weighted by atomic mass is 9.85. The summed E-state index contributed by atoms with van der Waals surface area (Å²) in [6.45, 7) is 2.31. The van der Waals surface area contributed by atoms with Gasteiger partial charge in [0.2, 0.25) is 10.0 Å². The van der Waals surface area contributed by atoms with E-state index in [1.165, 1.54) is 6.26 Å². The van der Waals surface area contributed by atoms with Crippen LogP contribution in [0.3, 0.4) is 0 Å². The molecule has 1 aliphatic rings. The van der Waals surface area contributed by atoms with Gasteiger partial charge in [-0.15, -0.1) is 0 Å². The van der Waals surface area contributed by atoms with E-state index in [1.54, 1.807) is 11.4 Å². The lowest BCUT2D eigenvalue weighted by Crippen LogP contribution is -2.41. The molecular formula is C23H31NO4S. The molecule has 2 aromatic carbocycles. The van der Waals surface area contributed by atoms with Crippen LogP contribution in [-0.2, 0) is 19.5 Å². The molecule has 1 fully saturated rings. The van der Waals surface area contributed by atoms with E-state index < -0.39 is 10.0 Å². The average molecular weight is 418 g/mol. The minimum Gasteiger partial charge on any atom is -0.385 e. The molecule has 2 aromatic rings. The summed E-state index contributed by atoms with van der Waals surface area (Å²) in [5, 5.41) is 0. The molecule has 158 valence electrons. The Labute approximate surface area is 174 Å². The first-order valence-electron chi connectivity index (χ1n) is 10.2. The standard InChI is InChI=1S/C23H31NO4S/c1-27-16-9-17-28-23(20-12-8-15-24(18-20)29(2,25)26)22-14-7-6-13-21(22)19-10-4-3-5-11-19/h3-7,10-11,13-14,20,23H,8-9,12,15-18H2,1-2H3. The second kappa shape index (κ2) is 10.3. The van der Waals surface area contributed by atoms with Crippen LogP contribution < -0.4 is 0 Å². The van der Waals surface area contributed by atoms with Crippen molar-refractivity contribution in [3.05, 3.63) is 60.2 Å². The van der Waals surface area contributed by atoms with E-state index in [9.17, 15) is 8.42 Å². The van der Waals surface area contributed by atoms with E-state index >= 15 is 0 Å². The molecule has 29 heavy (non-hydrogen) atoms. The van der Waals surface area contributed by atoms with Crippen LogP contribution in [0.15, 0.2) is 54.6 Å². The molecule has 0 radical (unpaired) electrons. The topological polar surface area (TPSA) is 55.8 Å². The molecule has 2 atom stereocenters. The lowest BCUT2D eigenvalue weighted by molar-refractivity contribution is -0.0123. The second-order valence-electron chi connectivity index (χ2n) is 7.61. The van der Waals surface area contributed by atoms with Crippen molar-refractivity contribution >= 4 is 10.0 Å². The van der Waals surface area contributed by atoms with Crippen molar-refractivity contribution in [2.75, 3.05) is 39.7 Å². The Kier molecular flexibility index (Phi) is 7.84. The molecule has 1 heterocycles. The summed E-state index contributed by atoms with van der Waals surface area (Å²) in [5.41, 5.74) is 3.40. The number of hydrogen-bond donors (Lipinski definition) is 0. The molecule has 0 spiro atoms. The molecule has 1 aliphatic heterocycles. The fourth-order valence-electron chi connectivity index (χ4n) is 4.04. The van der Waals surface area contributed by atoms with Crippen molar-refractivity contribution in [3.8, 4) is 11.1 Å². The van der Waals surface area contributed by atoms with Crippen molar-refractivity contribution in [2.45, 2.75) is 25.4 Å². The Hall–Kier alpha value is -1.73. The van der Waals surface area contributed by atoms with E-state index in [2.05, 4.69) is 24.3 Å². The number of benzene rings is 2. The van der Waals surface area contributed by atoms with Gasteiger partial charge in [0.05, 0.1) is 12.4 Å². The Morgan fingerprint density at radius 2 is 1.79 bits per heavy atom. The molecular weight excluding hydrogens is 386 g/mol. The molecule has 3 rings (SSSR count). The van der Waals surface area contributed by atoms with E-state index in [4.69, 9.17) is 9.47 Å². The number of piperidine rings is 1. The van der Waals surface area contributed by atoms with Gasteiger partial charge in [0.25, 0.3) is 0 Å². The highest BCUT2D eigenvalue weighted by Gasteiger charge is 2.33. The monoisotopic (exact) mass is 417 g/mol. The summed E-state index contributed by atoms with van der Waals surface area (Å²) in [7, 11) is -1.52. The number of methoxy groups -OCH3 is 1. The first-order chi connectivity index (χ1) is 14.0. The first-order valence-corrected chi connectivity index (χ1v) is 12.1. The van der Waals surface area contributed by atoms with Crippen LogP contribution in [0.1, 0.15) is 30.9 Å². The smallest absolute Gasteiger partial charge is 0.211 e. The normalized spacial score (nSPS) is 19.2. The summed E-state index contributed by atoms with van der Waals surface area (Å²) in [6.07, 6.45) is 3.74. The van der Waals surface area contributed by atoms with Crippen LogP contribution in [0.4, 0.5) is 0 Å².